The molecule has 10 heteroatoms. The van der Waals surface area contributed by atoms with Crippen LogP contribution in [0.25, 0.3) is 0 Å². The minimum Gasteiger partial charge on any atom is -0.497 e. The number of carbonyl (C=O) groups excluding carboxylic acids is 1. The van der Waals surface area contributed by atoms with E-state index in [1.807, 2.05) is 19.9 Å². The van der Waals surface area contributed by atoms with Crippen molar-refractivity contribution in [1.82, 2.24) is 5.32 Å². The van der Waals surface area contributed by atoms with Crippen LogP contribution >= 0.6 is 0 Å². The van der Waals surface area contributed by atoms with Crippen molar-refractivity contribution in [2.45, 2.75) is 31.9 Å². The SMILES string of the molecule is COc1ccc2c(c1)OC(C)(C)CC2NC(=O)CN(c1ccc2c(c1)OCCO2)S(C)(=O)=O. The Labute approximate surface area is 193 Å². The van der Waals surface area contributed by atoms with Crippen molar-refractivity contribution in [1.29, 1.82) is 0 Å². The molecular formula is C23H28N2O7S. The first kappa shape index (κ1) is 23.0. The van der Waals surface area contributed by atoms with E-state index >= 15 is 0 Å². The largest absolute Gasteiger partial charge is 0.497 e. The molecule has 0 saturated heterocycles. The van der Waals surface area contributed by atoms with Gasteiger partial charge in [-0.15, -0.1) is 0 Å². The normalized spacial score (nSPS) is 18.5. The van der Waals surface area contributed by atoms with Crippen LogP contribution in [0.15, 0.2) is 36.4 Å². The number of fused-ring (bicyclic) bond motifs is 2. The number of hydrogen-bond donors (Lipinski definition) is 1. The van der Waals surface area contributed by atoms with Crippen LogP contribution in [0, 0.1) is 0 Å². The maximum absolute atomic E-state index is 13.0. The van der Waals surface area contributed by atoms with Crippen molar-refractivity contribution in [3.05, 3.63) is 42.0 Å². The zero-order valence-electron chi connectivity index (χ0n) is 19.1. The molecule has 2 aromatic carbocycles. The van der Waals surface area contributed by atoms with Gasteiger partial charge in [0.1, 0.15) is 36.9 Å². The van der Waals surface area contributed by atoms with E-state index in [1.54, 1.807) is 37.4 Å². The summed E-state index contributed by atoms with van der Waals surface area (Å²) in [5.41, 5.74) is 0.618. The number of sulfonamides is 1. The molecule has 0 bridgehead atoms. The number of carbonyl (C=O) groups is 1. The van der Waals surface area contributed by atoms with Gasteiger partial charge < -0.3 is 24.3 Å². The summed E-state index contributed by atoms with van der Waals surface area (Å²) < 4.78 is 48.6. The van der Waals surface area contributed by atoms with Crippen molar-refractivity contribution < 1.29 is 32.2 Å². The van der Waals surface area contributed by atoms with E-state index in [0.717, 1.165) is 16.1 Å². The summed E-state index contributed by atoms with van der Waals surface area (Å²) >= 11 is 0. The Balaban J connectivity index is 1.56. The van der Waals surface area contributed by atoms with E-state index in [0.29, 0.717) is 48.3 Å². The molecule has 2 aliphatic heterocycles. The number of anilines is 1. The van der Waals surface area contributed by atoms with Gasteiger partial charge in [0.2, 0.25) is 15.9 Å². The molecule has 178 valence electrons. The Hall–Kier alpha value is -3.14. The summed E-state index contributed by atoms with van der Waals surface area (Å²) in [4.78, 5) is 13.0. The van der Waals surface area contributed by atoms with Crippen LogP contribution in [0.5, 0.6) is 23.0 Å². The van der Waals surface area contributed by atoms with Crippen molar-refractivity contribution >= 4 is 21.6 Å². The van der Waals surface area contributed by atoms with Gasteiger partial charge in [0.25, 0.3) is 0 Å². The summed E-state index contributed by atoms with van der Waals surface area (Å²) in [6, 6.07) is 9.91. The van der Waals surface area contributed by atoms with Gasteiger partial charge in [-0.1, -0.05) is 0 Å². The zero-order valence-corrected chi connectivity index (χ0v) is 19.9. The lowest BCUT2D eigenvalue weighted by Gasteiger charge is -2.38. The van der Waals surface area contributed by atoms with Crippen molar-refractivity contribution in [2.24, 2.45) is 0 Å². The molecule has 0 aromatic heterocycles. The molecule has 0 fully saturated rings. The third-order valence-corrected chi connectivity index (χ3v) is 6.66. The number of amides is 1. The predicted octanol–water partition coefficient (Wildman–Crippen LogP) is 2.65. The zero-order chi connectivity index (χ0) is 23.8. The fourth-order valence-electron chi connectivity index (χ4n) is 4.05. The van der Waals surface area contributed by atoms with E-state index in [-0.39, 0.29) is 12.6 Å². The predicted molar refractivity (Wildman–Crippen MR) is 123 cm³/mol. The van der Waals surface area contributed by atoms with Gasteiger partial charge in [-0.2, -0.15) is 0 Å². The molecule has 1 N–H and O–H groups in total. The lowest BCUT2D eigenvalue weighted by Crippen LogP contribution is -2.45. The monoisotopic (exact) mass is 476 g/mol. The van der Waals surface area contributed by atoms with E-state index in [2.05, 4.69) is 5.32 Å². The molecule has 2 aromatic rings. The molecule has 0 saturated carbocycles. The number of benzene rings is 2. The highest BCUT2D eigenvalue weighted by molar-refractivity contribution is 7.92. The highest BCUT2D eigenvalue weighted by Gasteiger charge is 2.35. The minimum atomic E-state index is -3.74. The third-order valence-electron chi connectivity index (χ3n) is 5.51. The van der Waals surface area contributed by atoms with Gasteiger partial charge in [-0.3, -0.25) is 9.10 Å². The number of methoxy groups -OCH3 is 1. The number of hydrogen-bond acceptors (Lipinski definition) is 7. The van der Waals surface area contributed by atoms with Crippen LogP contribution in [0.4, 0.5) is 5.69 Å². The summed E-state index contributed by atoms with van der Waals surface area (Å²) in [7, 11) is -2.16. The topological polar surface area (TPSA) is 103 Å². The molecule has 0 spiro atoms. The van der Waals surface area contributed by atoms with E-state index in [4.69, 9.17) is 18.9 Å². The second-order valence-corrected chi connectivity index (χ2v) is 10.6. The van der Waals surface area contributed by atoms with Crippen LogP contribution < -0.4 is 28.6 Å². The third kappa shape index (κ3) is 5.11. The molecule has 0 radical (unpaired) electrons. The first-order valence-electron chi connectivity index (χ1n) is 10.6. The first-order chi connectivity index (χ1) is 15.6. The number of nitrogens with one attached hydrogen (secondary N) is 1. The number of ether oxygens (including phenoxy) is 4. The lowest BCUT2D eigenvalue weighted by molar-refractivity contribution is -0.120. The molecule has 1 atom stereocenters. The lowest BCUT2D eigenvalue weighted by atomic mass is 9.89. The second kappa shape index (κ2) is 8.66. The summed E-state index contributed by atoms with van der Waals surface area (Å²) in [5, 5.41) is 2.98. The van der Waals surface area contributed by atoms with Gasteiger partial charge >= 0.3 is 0 Å². The highest BCUT2D eigenvalue weighted by Crippen LogP contribution is 2.41. The van der Waals surface area contributed by atoms with Gasteiger partial charge in [0, 0.05) is 24.1 Å². The van der Waals surface area contributed by atoms with Crippen molar-refractivity contribution in [3.63, 3.8) is 0 Å². The van der Waals surface area contributed by atoms with Crippen LogP contribution in [0.1, 0.15) is 31.9 Å². The van der Waals surface area contributed by atoms with Crippen LogP contribution in [0.2, 0.25) is 0 Å². The van der Waals surface area contributed by atoms with Gasteiger partial charge in [-0.05, 0) is 38.1 Å². The Kier molecular flexibility index (Phi) is 6.04. The fourth-order valence-corrected chi connectivity index (χ4v) is 4.89. The molecule has 4 rings (SSSR count). The number of nitrogens with zero attached hydrogens (tertiary/aromatic N) is 1. The van der Waals surface area contributed by atoms with Gasteiger partial charge in [0.05, 0.1) is 25.1 Å². The fraction of sp³-hybridized carbons (Fsp3) is 0.435. The number of rotatable bonds is 6. The molecular weight excluding hydrogens is 448 g/mol. The summed E-state index contributed by atoms with van der Waals surface area (Å²) in [6.07, 6.45) is 1.59. The van der Waals surface area contributed by atoms with Crippen molar-refractivity contribution in [3.8, 4) is 23.0 Å². The maximum atomic E-state index is 13.0. The second-order valence-electron chi connectivity index (χ2n) is 8.69. The molecule has 2 aliphatic rings. The van der Waals surface area contributed by atoms with Gasteiger partial charge in [-0.25, -0.2) is 8.42 Å². The van der Waals surface area contributed by atoms with Crippen molar-refractivity contribution in [2.75, 3.05) is 37.4 Å². The van der Waals surface area contributed by atoms with Crippen LogP contribution in [-0.2, 0) is 14.8 Å². The Morgan fingerprint density at radius 2 is 1.85 bits per heavy atom. The Bertz CT molecular complexity index is 1160. The first-order valence-corrected chi connectivity index (χ1v) is 12.4. The van der Waals surface area contributed by atoms with Crippen LogP contribution in [0.3, 0.4) is 0 Å². The summed E-state index contributed by atoms with van der Waals surface area (Å²) in [5.74, 6) is 1.84. The minimum absolute atomic E-state index is 0.328. The molecule has 2 heterocycles. The molecule has 0 aliphatic carbocycles. The van der Waals surface area contributed by atoms with E-state index in [9.17, 15) is 13.2 Å². The van der Waals surface area contributed by atoms with Crippen LogP contribution in [-0.4, -0.2) is 53.1 Å². The standard InChI is InChI=1S/C23H28N2O7S/c1-23(2)13-18(17-7-6-16(29-3)12-20(17)32-23)24-22(26)14-25(33(4,27)28)15-5-8-19-21(11-15)31-10-9-30-19/h5-8,11-12,18H,9-10,13-14H2,1-4H3,(H,24,26). The Morgan fingerprint density at radius 1 is 1.12 bits per heavy atom. The maximum Gasteiger partial charge on any atom is 0.241 e. The highest BCUT2D eigenvalue weighted by atomic mass is 32.2. The summed E-state index contributed by atoms with van der Waals surface area (Å²) in [6.45, 7) is 4.31. The average Bonchev–Trinajstić information content (AvgIpc) is 2.75. The quantitative estimate of drug-likeness (QED) is 0.684. The smallest absolute Gasteiger partial charge is 0.241 e. The molecule has 1 unspecified atom stereocenters. The molecule has 33 heavy (non-hydrogen) atoms. The van der Waals surface area contributed by atoms with E-state index in [1.165, 1.54) is 0 Å². The molecule has 1 amide bonds. The van der Waals surface area contributed by atoms with E-state index < -0.39 is 21.5 Å². The molecule has 9 nitrogen and oxygen atoms in total. The van der Waals surface area contributed by atoms with Gasteiger partial charge in [0.15, 0.2) is 11.5 Å². The Morgan fingerprint density at radius 3 is 2.55 bits per heavy atom. The average molecular weight is 477 g/mol.